The molecule has 0 atom stereocenters. The Bertz CT molecular complexity index is 1250. The standard InChI is InChI=1S/C26H26N6O2/c1-30-12-14-32(15-13-30)21-5-3-20(4-6-21)28-17-24-23-16-19(8-10-31-11-9-27-18-31)2-7-22(23)25(33)29-26(24)34/h2-11,16-18,28H,12-15H2,1H3,(H,29,33,34). The first kappa shape index (κ1) is 21.7. The first-order chi connectivity index (χ1) is 16.6. The largest absolute Gasteiger partial charge is 0.369 e. The van der Waals surface area contributed by atoms with Crippen molar-refractivity contribution < 1.29 is 9.59 Å². The smallest absolute Gasteiger partial charge is 0.260 e. The summed E-state index contributed by atoms with van der Waals surface area (Å²) in [5, 5.41) is 5.64. The topological polar surface area (TPSA) is 82.5 Å². The summed E-state index contributed by atoms with van der Waals surface area (Å²) < 4.78 is 1.82. The van der Waals surface area contributed by atoms with Crippen LogP contribution in [0.2, 0.25) is 0 Å². The Morgan fingerprint density at radius 1 is 0.971 bits per heavy atom. The second kappa shape index (κ2) is 9.36. The summed E-state index contributed by atoms with van der Waals surface area (Å²) in [6.07, 6.45) is 10.6. The van der Waals surface area contributed by atoms with Crippen molar-refractivity contribution in [2.75, 3.05) is 43.4 Å². The number of anilines is 2. The molecular weight excluding hydrogens is 428 g/mol. The average molecular weight is 455 g/mol. The van der Waals surface area contributed by atoms with Crippen molar-refractivity contribution in [1.82, 2.24) is 19.8 Å². The molecule has 3 heterocycles. The molecule has 2 aliphatic rings. The van der Waals surface area contributed by atoms with Gasteiger partial charge < -0.3 is 19.7 Å². The number of carbonyl (C=O) groups excluding carboxylic acids is 2. The number of benzene rings is 2. The molecule has 2 amide bonds. The second-order valence-electron chi connectivity index (χ2n) is 8.45. The van der Waals surface area contributed by atoms with E-state index in [0.717, 1.165) is 37.4 Å². The van der Waals surface area contributed by atoms with E-state index >= 15 is 0 Å². The van der Waals surface area contributed by atoms with Gasteiger partial charge in [-0.2, -0.15) is 0 Å². The predicted molar refractivity (Wildman–Crippen MR) is 134 cm³/mol. The molecule has 0 bridgehead atoms. The molecule has 0 spiro atoms. The van der Waals surface area contributed by atoms with Crippen LogP contribution in [-0.4, -0.2) is 59.5 Å². The van der Waals surface area contributed by atoms with Crippen molar-refractivity contribution >= 4 is 41.0 Å². The van der Waals surface area contributed by atoms with E-state index in [9.17, 15) is 9.59 Å². The minimum Gasteiger partial charge on any atom is -0.369 e. The van der Waals surface area contributed by atoms with E-state index in [4.69, 9.17) is 0 Å². The van der Waals surface area contributed by atoms with E-state index in [1.54, 1.807) is 24.8 Å². The van der Waals surface area contributed by atoms with Crippen LogP contribution in [0.25, 0.3) is 17.8 Å². The highest BCUT2D eigenvalue weighted by Crippen LogP contribution is 2.27. The van der Waals surface area contributed by atoms with Crippen LogP contribution < -0.4 is 15.5 Å². The quantitative estimate of drug-likeness (QED) is 0.456. The number of imidazole rings is 1. The van der Waals surface area contributed by atoms with Gasteiger partial charge in [0.1, 0.15) is 0 Å². The lowest BCUT2D eigenvalue weighted by Gasteiger charge is -2.34. The van der Waals surface area contributed by atoms with E-state index < -0.39 is 5.91 Å². The first-order valence-electron chi connectivity index (χ1n) is 11.2. The molecule has 2 aliphatic heterocycles. The number of nitrogens with one attached hydrogen (secondary N) is 2. The predicted octanol–water partition coefficient (Wildman–Crippen LogP) is 2.99. The minimum absolute atomic E-state index is 0.390. The maximum absolute atomic E-state index is 12.7. The Morgan fingerprint density at radius 2 is 1.76 bits per heavy atom. The summed E-state index contributed by atoms with van der Waals surface area (Å²) in [6, 6.07) is 13.6. The molecule has 172 valence electrons. The van der Waals surface area contributed by atoms with Gasteiger partial charge in [0.25, 0.3) is 11.8 Å². The third kappa shape index (κ3) is 4.62. The number of nitrogens with zero attached hydrogens (tertiary/aromatic N) is 4. The number of amides is 2. The molecule has 1 aromatic heterocycles. The summed E-state index contributed by atoms with van der Waals surface area (Å²) in [7, 11) is 2.14. The zero-order valence-corrected chi connectivity index (χ0v) is 18.9. The minimum atomic E-state index is -0.421. The van der Waals surface area contributed by atoms with E-state index in [1.165, 1.54) is 5.69 Å². The lowest BCUT2D eigenvalue weighted by molar-refractivity contribution is -0.114. The number of carbonyl (C=O) groups is 2. The fourth-order valence-corrected chi connectivity index (χ4v) is 4.11. The number of fused-ring (bicyclic) bond motifs is 1. The van der Waals surface area contributed by atoms with Crippen molar-refractivity contribution in [3.05, 3.63) is 84.1 Å². The monoisotopic (exact) mass is 454 g/mol. The molecule has 2 N–H and O–H groups in total. The van der Waals surface area contributed by atoms with Gasteiger partial charge >= 0.3 is 0 Å². The van der Waals surface area contributed by atoms with Crippen LogP contribution in [0, 0.1) is 0 Å². The van der Waals surface area contributed by atoms with Crippen LogP contribution in [0.1, 0.15) is 21.5 Å². The number of piperazine rings is 1. The Balaban J connectivity index is 1.36. The summed E-state index contributed by atoms with van der Waals surface area (Å²) in [5.41, 5.74) is 4.41. The summed E-state index contributed by atoms with van der Waals surface area (Å²) in [6.45, 7) is 4.13. The van der Waals surface area contributed by atoms with E-state index in [0.29, 0.717) is 16.7 Å². The Kier molecular flexibility index (Phi) is 5.97. The van der Waals surface area contributed by atoms with Crippen LogP contribution in [0.3, 0.4) is 0 Å². The molecular formula is C26H26N6O2. The van der Waals surface area contributed by atoms with Crippen molar-refractivity contribution in [2.45, 2.75) is 0 Å². The molecule has 1 saturated heterocycles. The summed E-state index contributed by atoms with van der Waals surface area (Å²) in [5.74, 6) is -0.811. The molecule has 0 aliphatic carbocycles. The average Bonchev–Trinajstić information content (AvgIpc) is 3.37. The fraction of sp³-hybridized carbons (Fsp3) is 0.192. The highest BCUT2D eigenvalue weighted by molar-refractivity contribution is 6.31. The van der Waals surface area contributed by atoms with Gasteiger partial charge in [0.15, 0.2) is 0 Å². The molecule has 8 nitrogen and oxygen atoms in total. The zero-order valence-electron chi connectivity index (χ0n) is 18.9. The molecule has 3 aromatic rings. The van der Waals surface area contributed by atoms with Crippen LogP contribution in [0.15, 0.2) is 67.4 Å². The molecule has 0 saturated carbocycles. The summed E-state index contributed by atoms with van der Waals surface area (Å²) >= 11 is 0. The Morgan fingerprint density at radius 3 is 2.50 bits per heavy atom. The number of hydrogen-bond donors (Lipinski definition) is 2. The van der Waals surface area contributed by atoms with Gasteiger partial charge in [-0.05, 0) is 55.1 Å². The van der Waals surface area contributed by atoms with Gasteiger partial charge in [-0.25, -0.2) is 4.98 Å². The second-order valence-corrected chi connectivity index (χ2v) is 8.45. The van der Waals surface area contributed by atoms with Crippen molar-refractivity contribution in [1.29, 1.82) is 0 Å². The van der Waals surface area contributed by atoms with Gasteiger partial charge in [-0.15, -0.1) is 0 Å². The maximum Gasteiger partial charge on any atom is 0.260 e. The zero-order chi connectivity index (χ0) is 23.5. The summed E-state index contributed by atoms with van der Waals surface area (Å²) in [4.78, 5) is 33.7. The lowest BCUT2D eigenvalue weighted by atomic mass is 9.93. The molecule has 5 rings (SSSR count). The number of aromatic nitrogens is 2. The third-order valence-corrected chi connectivity index (χ3v) is 6.13. The number of rotatable bonds is 5. The first-order valence-corrected chi connectivity index (χ1v) is 11.2. The molecule has 2 aromatic carbocycles. The fourth-order valence-electron chi connectivity index (χ4n) is 4.11. The van der Waals surface area contributed by atoms with Gasteiger partial charge in [0, 0.05) is 73.5 Å². The van der Waals surface area contributed by atoms with E-state index in [2.05, 4.69) is 44.6 Å². The van der Waals surface area contributed by atoms with Crippen molar-refractivity contribution in [3.8, 4) is 0 Å². The van der Waals surface area contributed by atoms with Gasteiger partial charge in [0.2, 0.25) is 0 Å². The van der Waals surface area contributed by atoms with Crippen LogP contribution in [-0.2, 0) is 4.79 Å². The molecule has 8 heteroatoms. The molecule has 0 radical (unpaired) electrons. The molecule has 34 heavy (non-hydrogen) atoms. The Hall–Kier alpha value is -4.17. The van der Waals surface area contributed by atoms with Crippen LogP contribution in [0.5, 0.6) is 0 Å². The van der Waals surface area contributed by atoms with Crippen LogP contribution in [0.4, 0.5) is 11.4 Å². The number of imide groups is 1. The number of hydrogen-bond acceptors (Lipinski definition) is 6. The van der Waals surface area contributed by atoms with Crippen LogP contribution >= 0.6 is 0 Å². The van der Waals surface area contributed by atoms with Gasteiger partial charge in [-0.3, -0.25) is 14.9 Å². The van der Waals surface area contributed by atoms with Gasteiger partial charge in [-0.1, -0.05) is 6.07 Å². The lowest BCUT2D eigenvalue weighted by Crippen LogP contribution is -2.44. The van der Waals surface area contributed by atoms with E-state index in [1.807, 2.05) is 47.3 Å². The molecule has 1 fully saturated rings. The molecule has 0 unspecified atom stereocenters. The van der Waals surface area contributed by atoms with Gasteiger partial charge in [0.05, 0.1) is 11.9 Å². The van der Waals surface area contributed by atoms with E-state index in [-0.39, 0.29) is 5.91 Å². The SMILES string of the molecule is CN1CCN(c2ccc(NC=C3C(=O)NC(=O)c4ccc(C=Cn5ccnc5)cc43)cc2)CC1. The number of likely N-dealkylation sites (N-methyl/N-ethyl adjacent to an activating group) is 1. The highest BCUT2D eigenvalue weighted by Gasteiger charge is 2.27. The highest BCUT2D eigenvalue weighted by atomic mass is 16.2. The maximum atomic E-state index is 12.7. The van der Waals surface area contributed by atoms with Crippen molar-refractivity contribution in [2.24, 2.45) is 0 Å². The van der Waals surface area contributed by atoms with Crippen molar-refractivity contribution in [3.63, 3.8) is 0 Å². The Labute approximate surface area is 198 Å². The normalized spacial score (nSPS) is 17.8. The third-order valence-electron chi connectivity index (χ3n) is 6.13.